The van der Waals surface area contributed by atoms with Crippen molar-refractivity contribution in [3.8, 4) is 0 Å². The summed E-state index contributed by atoms with van der Waals surface area (Å²) in [6, 6.07) is 14.1. The van der Waals surface area contributed by atoms with Gasteiger partial charge in [-0.05, 0) is 78.9 Å². The smallest absolute Gasteiger partial charge is 0.415 e. The number of halogens is 5. The van der Waals surface area contributed by atoms with Crippen molar-refractivity contribution in [2.75, 3.05) is 32.1 Å². The van der Waals surface area contributed by atoms with Crippen LogP contribution in [-0.2, 0) is 26.0 Å². The average molecular weight is 744 g/mol. The van der Waals surface area contributed by atoms with Crippen LogP contribution < -0.4 is 10.6 Å². The molecule has 2 N–H and O–H groups in total. The van der Waals surface area contributed by atoms with Crippen LogP contribution in [0.3, 0.4) is 0 Å². The second kappa shape index (κ2) is 16.6. The van der Waals surface area contributed by atoms with Gasteiger partial charge in [0.25, 0.3) is 11.9 Å². The number of nitrogens with zero attached hydrogens (tertiary/aromatic N) is 2. The van der Waals surface area contributed by atoms with Gasteiger partial charge < -0.3 is 15.4 Å². The molecule has 0 radical (unpaired) electrons. The van der Waals surface area contributed by atoms with Crippen LogP contribution in [0.25, 0.3) is 0 Å². The SMILES string of the molecule is C=[N+](C(=O)OC)C(C(=O)Nc1cccc(F)c1CCCC1CNCCN1S(=O)(=O)c1ccccc1)C(c1cc(F)cc(F)c1)c1cc(F)cc(F)c1. The summed E-state index contributed by atoms with van der Waals surface area (Å²) in [7, 11) is -2.82. The molecule has 4 aromatic carbocycles. The molecule has 1 saturated heterocycles. The van der Waals surface area contributed by atoms with E-state index in [1.807, 2.05) is 0 Å². The maximum Gasteiger partial charge on any atom is 0.596 e. The molecule has 2 amide bonds. The maximum atomic E-state index is 15.4. The van der Waals surface area contributed by atoms with Crippen molar-refractivity contribution in [3.05, 3.63) is 131 Å². The van der Waals surface area contributed by atoms with Crippen molar-refractivity contribution < 1.29 is 49.3 Å². The van der Waals surface area contributed by atoms with Gasteiger partial charge in [-0.2, -0.15) is 9.10 Å². The number of amides is 2. The van der Waals surface area contributed by atoms with E-state index in [1.165, 1.54) is 34.6 Å². The summed E-state index contributed by atoms with van der Waals surface area (Å²) in [5.74, 6) is -7.63. The van der Waals surface area contributed by atoms with Gasteiger partial charge in [-0.15, -0.1) is 4.58 Å². The van der Waals surface area contributed by atoms with E-state index in [2.05, 4.69) is 17.4 Å². The first-order valence-electron chi connectivity index (χ1n) is 16.3. The Morgan fingerprint density at radius 3 is 2.10 bits per heavy atom. The van der Waals surface area contributed by atoms with Gasteiger partial charge in [0.2, 0.25) is 10.0 Å². The second-order valence-electron chi connectivity index (χ2n) is 12.2. The van der Waals surface area contributed by atoms with Gasteiger partial charge in [0.15, 0.2) is 0 Å². The van der Waals surface area contributed by atoms with Crippen LogP contribution in [0.2, 0.25) is 0 Å². The third-order valence-corrected chi connectivity index (χ3v) is 10.8. The highest BCUT2D eigenvalue weighted by Crippen LogP contribution is 2.34. The van der Waals surface area contributed by atoms with Crippen molar-refractivity contribution in [2.45, 2.75) is 42.2 Å². The number of nitrogens with one attached hydrogen (secondary N) is 2. The number of methoxy groups -OCH3 is 1. The Kier molecular flexibility index (Phi) is 12.2. The first-order valence-corrected chi connectivity index (χ1v) is 17.7. The van der Waals surface area contributed by atoms with E-state index in [4.69, 9.17) is 4.74 Å². The fourth-order valence-electron chi connectivity index (χ4n) is 6.45. The minimum atomic E-state index is -3.81. The van der Waals surface area contributed by atoms with Crippen LogP contribution in [0.1, 0.15) is 35.4 Å². The Balaban J connectivity index is 1.45. The Morgan fingerprint density at radius 1 is 0.923 bits per heavy atom. The van der Waals surface area contributed by atoms with E-state index >= 15 is 4.39 Å². The van der Waals surface area contributed by atoms with E-state index in [0.717, 1.165) is 31.4 Å². The van der Waals surface area contributed by atoms with Crippen LogP contribution in [0.5, 0.6) is 0 Å². The summed E-state index contributed by atoms with van der Waals surface area (Å²) in [6.07, 6.45) is -0.509. The third-order valence-electron chi connectivity index (χ3n) is 8.80. The first kappa shape index (κ1) is 38.2. The topological polar surface area (TPSA) is 108 Å². The Bertz CT molecular complexity index is 1980. The number of hydrogen-bond donors (Lipinski definition) is 2. The third kappa shape index (κ3) is 8.72. The number of piperazine rings is 1. The Labute approximate surface area is 297 Å². The van der Waals surface area contributed by atoms with Crippen molar-refractivity contribution in [2.24, 2.45) is 0 Å². The summed E-state index contributed by atoms with van der Waals surface area (Å²) in [4.78, 5) is 27.1. The number of sulfonamides is 1. The summed E-state index contributed by atoms with van der Waals surface area (Å²) in [5, 5.41) is 5.77. The molecule has 1 heterocycles. The van der Waals surface area contributed by atoms with Gasteiger partial charge in [-0.25, -0.2) is 30.4 Å². The largest absolute Gasteiger partial charge is 0.596 e. The molecule has 9 nitrogen and oxygen atoms in total. The normalized spacial score (nSPS) is 15.6. The molecule has 5 rings (SSSR count). The Morgan fingerprint density at radius 2 is 1.52 bits per heavy atom. The van der Waals surface area contributed by atoms with Crippen molar-refractivity contribution in [1.82, 2.24) is 9.62 Å². The van der Waals surface area contributed by atoms with E-state index in [9.17, 15) is 35.6 Å². The molecule has 0 bridgehead atoms. The van der Waals surface area contributed by atoms with Crippen LogP contribution in [0, 0.1) is 29.1 Å². The summed E-state index contributed by atoms with van der Waals surface area (Å²) in [5.41, 5.74) is -0.514. The van der Waals surface area contributed by atoms with Crippen molar-refractivity contribution in [1.29, 1.82) is 0 Å². The number of carbonyl (C=O) groups excluding carboxylic acids is 2. The molecular weight excluding hydrogens is 707 g/mol. The molecule has 0 aromatic heterocycles. The van der Waals surface area contributed by atoms with Crippen LogP contribution >= 0.6 is 0 Å². The minimum absolute atomic E-state index is 0.0293. The fraction of sp³-hybridized carbons (Fsp3) is 0.270. The van der Waals surface area contributed by atoms with Gasteiger partial charge >= 0.3 is 6.09 Å². The summed E-state index contributed by atoms with van der Waals surface area (Å²) < 4.78 is 107. The van der Waals surface area contributed by atoms with Crippen LogP contribution in [-0.4, -0.2) is 74.8 Å². The lowest BCUT2D eigenvalue weighted by Gasteiger charge is -2.35. The molecule has 0 aliphatic carbocycles. The van der Waals surface area contributed by atoms with E-state index < -0.39 is 69.1 Å². The van der Waals surface area contributed by atoms with Gasteiger partial charge in [0, 0.05) is 49.1 Å². The monoisotopic (exact) mass is 743 g/mol. The zero-order valence-electron chi connectivity index (χ0n) is 28.0. The van der Waals surface area contributed by atoms with Crippen LogP contribution in [0.4, 0.5) is 32.4 Å². The number of hydrogen-bond acceptors (Lipinski definition) is 6. The minimum Gasteiger partial charge on any atom is -0.415 e. The van der Waals surface area contributed by atoms with Crippen molar-refractivity contribution >= 4 is 34.4 Å². The lowest BCUT2D eigenvalue weighted by atomic mass is 9.83. The summed E-state index contributed by atoms with van der Waals surface area (Å²) in [6.45, 7) is 4.66. The number of benzene rings is 4. The highest BCUT2D eigenvalue weighted by molar-refractivity contribution is 7.89. The molecule has 1 aliphatic rings. The van der Waals surface area contributed by atoms with Gasteiger partial charge in [-0.1, -0.05) is 24.3 Å². The van der Waals surface area contributed by atoms with E-state index in [1.54, 1.807) is 18.2 Å². The molecule has 2 unspecified atom stereocenters. The predicted octanol–water partition coefficient (Wildman–Crippen LogP) is 5.99. The highest BCUT2D eigenvalue weighted by atomic mass is 32.2. The lowest BCUT2D eigenvalue weighted by Crippen LogP contribution is -2.53. The fourth-order valence-corrected chi connectivity index (χ4v) is 8.13. The van der Waals surface area contributed by atoms with Gasteiger partial charge in [0.05, 0.1) is 17.9 Å². The first-order chi connectivity index (χ1) is 24.8. The molecule has 274 valence electrons. The second-order valence-corrected chi connectivity index (χ2v) is 14.1. The molecule has 0 saturated carbocycles. The lowest BCUT2D eigenvalue weighted by molar-refractivity contribution is -0.467. The number of carbonyl (C=O) groups is 2. The molecule has 0 spiro atoms. The van der Waals surface area contributed by atoms with E-state index in [-0.39, 0.29) is 46.7 Å². The van der Waals surface area contributed by atoms with Crippen molar-refractivity contribution in [3.63, 3.8) is 0 Å². The number of ether oxygens (including phenoxy) is 1. The standard InChI is InChI=1S/C37H35F5N4O5S/c1-45(37(48)51-2)35(34(23-16-25(38)20-26(39)17-23)24-18-27(40)21-28(41)19-24)36(47)44-33-13-7-12-32(42)31(33)11-6-8-29-22-43-14-15-46(29)52(49,50)30-9-4-3-5-10-30/h3-5,7,9-10,12-13,16-21,29,34-35,43H,1,6,8,11,14-15,22H2,2H3/p+1. The zero-order valence-corrected chi connectivity index (χ0v) is 28.8. The van der Waals surface area contributed by atoms with Gasteiger partial charge in [-0.3, -0.25) is 4.79 Å². The molecule has 2 atom stereocenters. The number of rotatable bonds is 12. The molecular formula is C37H36F5N4O5S+. The Hall–Kier alpha value is -4.99. The highest BCUT2D eigenvalue weighted by Gasteiger charge is 2.44. The van der Waals surface area contributed by atoms with E-state index in [0.29, 0.717) is 36.2 Å². The predicted molar refractivity (Wildman–Crippen MR) is 183 cm³/mol. The maximum absolute atomic E-state index is 15.4. The molecule has 15 heteroatoms. The quantitative estimate of drug-likeness (QED) is 0.105. The zero-order chi connectivity index (χ0) is 37.6. The molecule has 52 heavy (non-hydrogen) atoms. The molecule has 4 aromatic rings. The number of anilines is 1. The summed E-state index contributed by atoms with van der Waals surface area (Å²) >= 11 is 0. The molecule has 1 fully saturated rings. The van der Waals surface area contributed by atoms with Crippen LogP contribution in [0.15, 0.2) is 89.8 Å². The average Bonchev–Trinajstić information content (AvgIpc) is 3.10. The molecule has 1 aliphatic heterocycles. The van der Waals surface area contributed by atoms with Gasteiger partial charge in [0.1, 0.15) is 35.8 Å².